The number of hydrogen-bond acceptors (Lipinski definition) is 4. The first kappa shape index (κ1) is 37.1. The Balaban J connectivity index is 6.37. The average Bonchev–Trinajstić information content (AvgIpc) is 2.33. The molecule has 21 heteroatoms. The van der Waals surface area contributed by atoms with E-state index in [1.54, 1.807) is 0 Å². The minimum absolute atomic E-state index is 0.494. The van der Waals surface area contributed by atoms with E-state index < -0.39 is 23.3 Å². The third kappa shape index (κ3) is 8.53. The number of halogens is 14. The predicted molar refractivity (Wildman–Crippen MR) is 234 cm³/mol. The quantitative estimate of drug-likeness (QED) is 0.194. The molecule has 164 valence electrons. The average molecular weight is 1990 g/mol. The first-order chi connectivity index (χ1) is 11.2. The molecule has 0 unspecified atom stereocenters. The molecule has 0 aromatic carbocycles. The zero-order valence-electron chi connectivity index (χ0n) is 11.2. The number of rotatable bonds is 8. The van der Waals surface area contributed by atoms with Gasteiger partial charge in [-0.15, -0.1) is 4.13 Å². The van der Waals surface area contributed by atoms with Crippen molar-refractivity contribution < 1.29 is 16.8 Å². The highest BCUT2D eigenvalue weighted by Gasteiger charge is 2.67. The van der Waals surface area contributed by atoms with E-state index in [0.717, 1.165) is 0 Å². The summed E-state index contributed by atoms with van der Waals surface area (Å²) in [5, 5.41) is 0. The van der Waals surface area contributed by atoms with Gasteiger partial charge in [-0.2, -0.15) is 0 Å². The Labute approximate surface area is 349 Å². The molecule has 0 saturated carbocycles. The second-order valence-corrected chi connectivity index (χ2v) is 54.4. The van der Waals surface area contributed by atoms with E-state index >= 15 is 0 Å². The summed E-state index contributed by atoms with van der Waals surface area (Å²) in [5.41, 5.74) is 0. The van der Waals surface area contributed by atoms with Crippen LogP contribution in [0.1, 0.15) is 0 Å². The fraction of sp³-hybridized carbons (Fsp3) is 1.00. The Morgan fingerprint density at radius 3 is 0.778 bits per heavy atom. The lowest BCUT2D eigenvalue weighted by atomic mass is 10.6. The highest BCUT2D eigenvalue weighted by atomic mass is 127. The highest BCUT2D eigenvalue weighted by Crippen LogP contribution is 2.67. The van der Waals surface area contributed by atoms with Crippen LogP contribution in [-0.2, 0) is 20.0 Å². The fourth-order valence-corrected chi connectivity index (χ4v) is 21.9. The molecule has 0 atom stereocenters. The smallest absolute Gasteiger partial charge is 0.209 e. The van der Waals surface area contributed by atoms with Crippen LogP contribution in [0, 0.1) is 0 Å². The zero-order valence-corrected chi connectivity index (χ0v) is 43.1. The van der Waals surface area contributed by atoms with Crippen molar-refractivity contribution in [1.82, 2.24) is 4.13 Å². The normalized spacial score (nSPS) is 16.5. The van der Waals surface area contributed by atoms with E-state index in [2.05, 4.69) is 226 Å². The van der Waals surface area contributed by atoms with E-state index in [9.17, 15) is 16.8 Å². The van der Waals surface area contributed by atoms with Crippen LogP contribution < -0.4 is 4.13 Å². The molecule has 0 radical (unpaired) electrons. The third-order valence-corrected chi connectivity index (χ3v) is 49.7. The number of alkyl halides is 14. The van der Waals surface area contributed by atoms with E-state index in [0.29, 0.717) is 0 Å². The van der Waals surface area contributed by atoms with Crippen molar-refractivity contribution in [2.24, 2.45) is 0 Å². The van der Waals surface area contributed by atoms with Gasteiger partial charge in [-0.1, -0.05) is 226 Å². The van der Waals surface area contributed by atoms with Crippen molar-refractivity contribution in [1.29, 1.82) is 0 Å². The molecule has 0 spiro atoms. The van der Waals surface area contributed by atoms with Crippen molar-refractivity contribution in [2.75, 3.05) is 0 Å². The maximum atomic E-state index is 13.2. The Hall–Kier alpha value is 10.1. The summed E-state index contributed by atoms with van der Waals surface area (Å²) in [6, 6.07) is 0. The molecule has 5 nitrogen and oxygen atoms in total. The second kappa shape index (κ2) is 12.7. The van der Waals surface area contributed by atoms with E-state index in [4.69, 9.17) is 0 Å². The van der Waals surface area contributed by atoms with Gasteiger partial charge in [-0.3, -0.25) is 0 Å². The van der Waals surface area contributed by atoms with Gasteiger partial charge in [0.2, 0.25) is 1.52 Å². The van der Waals surface area contributed by atoms with Gasteiger partial charge in [-0.25, -0.2) is 16.8 Å². The Kier molecular flexibility index (Phi) is 17.5. The summed E-state index contributed by atoms with van der Waals surface area (Å²) >= 11 is 28.6. The number of nitrogens with one attached hydrogen (secondary N) is 1. The first-order valence-corrected chi connectivity index (χ1v) is 23.2. The van der Waals surface area contributed by atoms with Gasteiger partial charge in [0.15, 0.2) is -1.13 Å². The molecular weight excluding hydrogens is 1990 g/mol. The van der Waals surface area contributed by atoms with Crippen LogP contribution in [0.15, 0.2) is 0 Å². The van der Waals surface area contributed by atoms with E-state index in [-0.39, 0.29) is 0 Å². The minimum atomic E-state index is -4.26. The Morgan fingerprint density at radius 1 is 0.444 bits per heavy atom. The molecular formula is C6HI14NO4S2. The van der Waals surface area contributed by atoms with Crippen molar-refractivity contribution >= 4 is 336 Å². The van der Waals surface area contributed by atoms with Crippen LogP contribution in [-0.4, -0.2) is 20.1 Å². The molecule has 0 saturated heterocycles. The van der Waals surface area contributed by atoms with Crippen LogP contribution in [0.2, 0.25) is 0 Å². The molecule has 0 aromatic heterocycles. The summed E-state index contributed by atoms with van der Waals surface area (Å²) in [5.74, 6) is 0. The molecule has 0 aliphatic rings. The predicted octanol–water partition coefficient (Wildman–Crippen LogP) is 9.33. The Morgan fingerprint density at radius 2 is 0.630 bits per heavy atom. The lowest BCUT2D eigenvalue weighted by Gasteiger charge is -2.42. The van der Waals surface area contributed by atoms with Gasteiger partial charge >= 0.3 is 0 Å². The van der Waals surface area contributed by atoms with Crippen molar-refractivity contribution in [3.63, 3.8) is 0 Å². The van der Waals surface area contributed by atoms with Crippen LogP contribution in [0.5, 0.6) is 0 Å². The summed E-state index contributed by atoms with van der Waals surface area (Å²) in [6.07, 6.45) is 0. The van der Waals surface area contributed by atoms with Crippen LogP contribution >= 0.6 is 316 Å². The molecule has 0 fully saturated rings. The topological polar surface area (TPSA) is 80.3 Å². The first-order valence-electron chi connectivity index (χ1n) is 5.13. The zero-order chi connectivity index (χ0) is 22.7. The van der Waals surface area contributed by atoms with Gasteiger partial charge < -0.3 is 0 Å². The van der Waals surface area contributed by atoms with E-state index in [1.807, 2.05) is 94.5 Å². The second-order valence-electron chi connectivity index (χ2n) is 4.27. The van der Waals surface area contributed by atoms with Gasteiger partial charge in [0, 0.05) is 0 Å². The monoisotopic (exact) mass is 1990 g/mol. The van der Waals surface area contributed by atoms with Gasteiger partial charge in [0.1, 0.15) is 2.86 Å². The minimum Gasteiger partial charge on any atom is -0.209 e. The molecule has 27 heavy (non-hydrogen) atoms. The Bertz CT molecular complexity index is 709. The van der Waals surface area contributed by atoms with E-state index in [1.165, 1.54) is 0 Å². The van der Waals surface area contributed by atoms with Gasteiger partial charge in [-0.05, 0) is 90.4 Å². The maximum Gasteiger partial charge on any atom is 0.251 e. The molecule has 0 heterocycles. The molecule has 0 amide bonds. The van der Waals surface area contributed by atoms with Crippen molar-refractivity contribution in [3.05, 3.63) is 0 Å². The summed E-state index contributed by atoms with van der Waals surface area (Å²) in [7, 11) is -8.53. The summed E-state index contributed by atoms with van der Waals surface area (Å²) in [6.45, 7) is 0. The summed E-state index contributed by atoms with van der Waals surface area (Å²) in [4.78, 5) is 0. The molecule has 1 N–H and O–H groups in total. The molecule has 0 aliphatic heterocycles. The lowest BCUT2D eigenvalue weighted by molar-refractivity contribution is 0.573. The molecule has 0 rings (SSSR count). The SMILES string of the molecule is O=S(=O)(NS(=O)(=O)C(I)(I)C(I)(I)C(I)(I)I)C(I)(I)C(I)(I)C(I)(I)I. The van der Waals surface area contributed by atoms with Gasteiger partial charge in [0.05, 0.1) is 0 Å². The molecule has 0 aromatic rings. The molecule has 0 bridgehead atoms. The maximum absolute atomic E-state index is 13.2. The third-order valence-electron chi connectivity index (χ3n) is 2.34. The number of hydrogen-bond donors (Lipinski definition) is 1. The number of sulfonamides is 2. The highest BCUT2D eigenvalue weighted by molar-refractivity contribution is 14.3. The van der Waals surface area contributed by atoms with Crippen LogP contribution in [0.3, 0.4) is 0 Å². The van der Waals surface area contributed by atoms with Crippen molar-refractivity contribution in [2.45, 2.75) is 3.25 Å². The van der Waals surface area contributed by atoms with Crippen LogP contribution in [0.4, 0.5) is 0 Å². The standard InChI is InChI=1S/C6HI14NO4S2/c7-1(8,3(11,12)13)5(17,18)26(22,23)21-27(24,25)6(19,20)2(9,10)4(14,15)16/h21H. The van der Waals surface area contributed by atoms with Crippen LogP contribution in [0.25, 0.3) is 0 Å². The molecule has 0 aliphatic carbocycles. The fourth-order valence-electron chi connectivity index (χ4n) is 0.917. The van der Waals surface area contributed by atoms with Gasteiger partial charge in [0.25, 0.3) is 20.0 Å². The lowest BCUT2D eigenvalue weighted by Crippen LogP contribution is -2.58. The van der Waals surface area contributed by atoms with Crippen molar-refractivity contribution in [3.8, 4) is 0 Å². The largest absolute Gasteiger partial charge is 0.251 e. The summed E-state index contributed by atoms with van der Waals surface area (Å²) < 4.78 is 49.5.